The van der Waals surface area contributed by atoms with E-state index >= 15 is 0 Å². The van der Waals surface area contributed by atoms with Gasteiger partial charge in [0, 0.05) is 6.61 Å². The lowest BCUT2D eigenvalue weighted by molar-refractivity contribution is 0.294. The quantitative estimate of drug-likeness (QED) is 0.609. The minimum absolute atomic E-state index is 0.857. The summed E-state index contributed by atoms with van der Waals surface area (Å²) in [6, 6.07) is 28.1. The Bertz CT molecular complexity index is 809. The molecule has 3 aromatic carbocycles. The molecule has 0 aliphatic carbocycles. The summed E-state index contributed by atoms with van der Waals surface area (Å²) in [5.74, 6) is 1.71. The van der Waals surface area contributed by atoms with Crippen molar-refractivity contribution in [2.45, 2.75) is 18.9 Å². The van der Waals surface area contributed by atoms with E-state index in [-0.39, 0.29) is 0 Å². The van der Waals surface area contributed by atoms with E-state index in [0.717, 1.165) is 18.1 Å². The van der Waals surface area contributed by atoms with Crippen LogP contribution in [0.2, 0.25) is 6.04 Å². The summed E-state index contributed by atoms with van der Waals surface area (Å²) >= 11 is 0. The molecule has 0 amide bonds. The molecule has 4 rings (SSSR count). The van der Waals surface area contributed by atoms with Crippen molar-refractivity contribution in [2.24, 2.45) is 0 Å². The molecule has 1 saturated heterocycles. The van der Waals surface area contributed by atoms with Gasteiger partial charge in [0.25, 0.3) is 0 Å². The summed E-state index contributed by atoms with van der Waals surface area (Å²) < 4.78 is 12.0. The second-order valence-corrected chi connectivity index (χ2v) is 8.39. The van der Waals surface area contributed by atoms with Crippen molar-refractivity contribution >= 4 is 14.2 Å². The minimum atomic E-state index is -0.892. The Labute approximate surface area is 150 Å². The molecule has 1 fully saturated rings. The molecule has 1 aliphatic heterocycles. The van der Waals surface area contributed by atoms with Gasteiger partial charge in [0.2, 0.25) is 9.04 Å². The fraction of sp³-hybridized carbons (Fsp3) is 0.182. The zero-order valence-electron chi connectivity index (χ0n) is 14.2. The van der Waals surface area contributed by atoms with Crippen molar-refractivity contribution in [1.82, 2.24) is 0 Å². The number of rotatable bonds is 4. The van der Waals surface area contributed by atoms with Gasteiger partial charge in [-0.25, -0.2) is 0 Å². The second-order valence-electron chi connectivity index (χ2n) is 6.21. The van der Waals surface area contributed by atoms with Gasteiger partial charge in [-0.3, -0.25) is 0 Å². The van der Waals surface area contributed by atoms with E-state index in [1.165, 1.54) is 35.2 Å². The van der Waals surface area contributed by atoms with E-state index in [1.54, 1.807) is 0 Å². The fourth-order valence-corrected chi connectivity index (χ4v) is 5.51. The zero-order valence-corrected chi connectivity index (χ0v) is 15.2. The Morgan fingerprint density at radius 1 is 0.720 bits per heavy atom. The average molecular weight is 345 g/mol. The lowest BCUT2D eigenvalue weighted by Crippen LogP contribution is -2.37. The first-order valence-electron chi connectivity index (χ1n) is 8.81. The van der Waals surface area contributed by atoms with Crippen LogP contribution in [0.4, 0.5) is 0 Å². The molecular formula is C22H21O2Si. The zero-order chi connectivity index (χ0) is 16.9. The molecule has 3 heteroatoms. The first-order valence-corrected chi connectivity index (χ1v) is 10.4. The van der Waals surface area contributed by atoms with Crippen molar-refractivity contribution in [3.05, 3.63) is 78.9 Å². The molecular weight excluding hydrogens is 324 g/mol. The summed E-state index contributed by atoms with van der Waals surface area (Å²) in [4.78, 5) is 0. The van der Waals surface area contributed by atoms with E-state index in [2.05, 4.69) is 36.4 Å². The predicted octanol–water partition coefficient (Wildman–Crippen LogP) is 5.15. The third kappa shape index (κ3) is 3.84. The molecule has 1 aliphatic rings. The first kappa shape index (κ1) is 16.1. The Balaban J connectivity index is 1.58. The van der Waals surface area contributed by atoms with Crippen LogP contribution in [0.3, 0.4) is 0 Å². The number of benzene rings is 3. The Morgan fingerprint density at radius 2 is 1.44 bits per heavy atom. The highest BCUT2D eigenvalue weighted by atomic mass is 28.3. The second kappa shape index (κ2) is 7.68. The molecule has 125 valence electrons. The lowest BCUT2D eigenvalue weighted by atomic mass is 10.1. The molecule has 0 unspecified atom stereocenters. The molecule has 0 spiro atoms. The maximum atomic E-state index is 6.11. The lowest BCUT2D eigenvalue weighted by Gasteiger charge is -2.23. The number of para-hydroxylation sites is 1. The molecule has 0 bridgehead atoms. The first-order chi connectivity index (χ1) is 12.4. The Kier molecular flexibility index (Phi) is 4.95. The monoisotopic (exact) mass is 345 g/mol. The van der Waals surface area contributed by atoms with Crippen LogP contribution in [-0.2, 0) is 4.43 Å². The minimum Gasteiger partial charge on any atom is -0.457 e. The Hall–Kier alpha value is -2.36. The van der Waals surface area contributed by atoms with E-state index in [4.69, 9.17) is 9.16 Å². The van der Waals surface area contributed by atoms with Crippen LogP contribution in [-0.4, -0.2) is 15.6 Å². The van der Waals surface area contributed by atoms with Gasteiger partial charge in [-0.2, -0.15) is 0 Å². The molecule has 2 nitrogen and oxygen atoms in total. The van der Waals surface area contributed by atoms with Gasteiger partial charge < -0.3 is 9.16 Å². The number of hydrogen-bond donors (Lipinski definition) is 0. The van der Waals surface area contributed by atoms with Gasteiger partial charge in [0.05, 0.1) is 0 Å². The third-order valence-electron chi connectivity index (χ3n) is 4.45. The van der Waals surface area contributed by atoms with Gasteiger partial charge in [0.15, 0.2) is 0 Å². The number of hydrogen-bond acceptors (Lipinski definition) is 2. The predicted molar refractivity (Wildman–Crippen MR) is 104 cm³/mol. The van der Waals surface area contributed by atoms with Crippen LogP contribution < -0.4 is 9.92 Å². The van der Waals surface area contributed by atoms with Crippen LogP contribution in [0.15, 0.2) is 78.9 Å². The van der Waals surface area contributed by atoms with Crippen molar-refractivity contribution in [3.8, 4) is 22.6 Å². The van der Waals surface area contributed by atoms with Gasteiger partial charge >= 0.3 is 0 Å². The highest BCUT2D eigenvalue weighted by Crippen LogP contribution is 2.26. The fourth-order valence-electron chi connectivity index (χ4n) is 3.17. The van der Waals surface area contributed by atoms with Gasteiger partial charge in [-0.05, 0) is 53.0 Å². The molecule has 0 aromatic heterocycles. The summed E-state index contributed by atoms with van der Waals surface area (Å²) in [6.07, 6.45) is 2.48. The van der Waals surface area contributed by atoms with E-state index in [1.807, 2.05) is 42.5 Å². The van der Waals surface area contributed by atoms with Crippen LogP contribution in [0, 0.1) is 0 Å². The van der Waals surface area contributed by atoms with Crippen LogP contribution >= 0.6 is 0 Å². The van der Waals surface area contributed by atoms with Crippen LogP contribution in [0.5, 0.6) is 11.5 Å². The summed E-state index contributed by atoms with van der Waals surface area (Å²) in [7, 11) is -0.892. The third-order valence-corrected chi connectivity index (χ3v) is 6.84. The molecule has 3 aromatic rings. The standard InChI is InChI=1S/C22H21O2Si/c1-2-8-19(9-3-1)24-20-14-12-18(13-15-20)21-10-4-5-11-22(21)25-17-7-6-16-23-25/h1-5,8-15H,6-7,16-17H2. The van der Waals surface area contributed by atoms with E-state index < -0.39 is 9.04 Å². The van der Waals surface area contributed by atoms with E-state index in [9.17, 15) is 0 Å². The molecule has 0 saturated carbocycles. The SMILES string of the molecule is c1ccc(Oc2ccc(-c3ccccc3[Si]3CCCCO3)cc2)cc1. The molecule has 0 N–H and O–H groups in total. The maximum Gasteiger partial charge on any atom is 0.247 e. The molecule has 0 atom stereocenters. The topological polar surface area (TPSA) is 18.5 Å². The largest absolute Gasteiger partial charge is 0.457 e. The normalized spacial score (nSPS) is 15.0. The number of ether oxygens (including phenoxy) is 1. The highest BCUT2D eigenvalue weighted by molar-refractivity contribution is 6.69. The molecule has 1 radical (unpaired) electrons. The van der Waals surface area contributed by atoms with Crippen molar-refractivity contribution in [3.63, 3.8) is 0 Å². The van der Waals surface area contributed by atoms with Crippen LogP contribution in [0.25, 0.3) is 11.1 Å². The van der Waals surface area contributed by atoms with E-state index in [0.29, 0.717) is 0 Å². The van der Waals surface area contributed by atoms with Crippen molar-refractivity contribution in [2.75, 3.05) is 6.61 Å². The molecule has 1 heterocycles. The summed E-state index contributed by atoms with van der Waals surface area (Å²) in [5, 5.41) is 1.39. The van der Waals surface area contributed by atoms with Gasteiger partial charge in [-0.1, -0.05) is 61.0 Å². The Morgan fingerprint density at radius 3 is 2.20 bits per heavy atom. The van der Waals surface area contributed by atoms with Crippen LogP contribution in [0.1, 0.15) is 12.8 Å². The average Bonchev–Trinajstić information content (AvgIpc) is 2.70. The van der Waals surface area contributed by atoms with Crippen molar-refractivity contribution < 1.29 is 9.16 Å². The van der Waals surface area contributed by atoms with Gasteiger partial charge in [-0.15, -0.1) is 0 Å². The summed E-state index contributed by atoms with van der Waals surface area (Å²) in [6.45, 7) is 0.909. The molecule has 25 heavy (non-hydrogen) atoms. The van der Waals surface area contributed by atoms with Crippen molar-refractivity contribution in [1.29, 1.82) is 0 Å². The van der Waals surface area contributed by atoms with Gasteiger partial charge in [0.1, 0.15) is 11.5 Å². The smallest absolute Gasteiger partial charge is 0.247 e. The summed E-state index contributed by atoms with van der Waals surface area (Å²) in [5.41, 5.74) is 2.52. The maximum absolute atomic E-state index is 6.11. The highest BCUT2D eigenvalue weighted by Gasteiger charge is 2.22.